The van der Waals surface area contributed by atoms with Crippen LogP contribution < -0.4 is 15.1 Å². The number of ketones is 1. The Kier molecular flexibility index (Phi) is 5.63. The summed E-state index contributed by atoms with van der Waals surface area (Å²) in [6, 6.07) is 12.5. The van der Waals surface area contributed by atoms with Crippen molar-refractivity contribution in [1.82, 2.24) is 0 Å². The van der Waals surface area contributed by atoms with Gasteiger partial charge in [-0.25, -0.2) is 4.79 Å². The van der Waals surface area contributed by atoms with Crippen molar-refractivity contribution >= 4 is 34.7 Å². The number of Topliss-reactive ketones (excluding diaryl/α,β-unsaturated/α-hetero) is 1. The van der Waals surface area contributed by atoms with Crippen molar-refractivity contribution in [3.63, 3.8) is 0 Å². The average Bonchev–Trinajstić information content (AvgIpc) is 2.67. The number of rotatable bonds is 5. The van der Waals surface area contributed by atoms with Crippen molar-refractivity contribution in [3.8, 4) is 0 Å². The molecule has 0 aliphatic carbocycles. The van der Waals surface area contributed by atoms with Gasteiger partial charge in [-0.2, -0.15) is 0 Å². The standard InChI is InChI=1S/C21H23N3O4/c1-14(25)16-3-6-18(7-4-16)23-9-11-24(12-10-23)20-8-5-17(22-15(2)26)13-19(20)21(27)28/h3-8,13H,9-12H2,1-2H3,(H,22,26)(H,27,28). The first-order valence-corrected chi connectivity index (χ1v) is 9.11. The highest BCUT2D eigenvalue weighted by Gasteiger charge is 2.22. The Balaban J connectivity index is 1.72. The Bertz CT molecular complexity index is 900. The van der Waals surface area contributed by atoms with Gasteiger partial charge < -0.3 is 20.2 Å². The van der Waals surface area contributed by atoms with E-state index in [9.17, 15) is 19.5 Å². The molecule has 7 nitrogen and oxygen atoms in total. The predicted molar refractivity (Wildman–Crippen MR) is 109 cm³/mol. The summed E-state index contributed by atoms with van der Waals surface area (Å²) in [5, 5.41) is 12.2. The number of carbonyl (C=O) groups is 3. The lowest BCUT2D eigenvalue weighted by Crippen LogP contribution is -2.47. The van der Waals surface area contributed by atoms with Crippen LogP contribution >= 0.6 is 0 Å². The van der Waals surface area contributed by atoms with Crippen LogP contribution in [0.1, 0.15) is 34.6 Å². The van der Waals surface area contributed by atoms with Gasteiger partial charge in [0.2, 0.25) is 5.91 Å². The average molecular weight is 381 g/mol. The molecule has 0 bridgehead atoms. The van der Waals surface area contributed by atoms with Gasteiger partial charge in [0.15, 0.2) is 5.78 Å². The first-order chi connectivity index (χ1) is 13.3. The minimum absolute atomic E-state index is 0.0419. The second-order valence-electron chi connectivity index (χ2n) is 6.80. The van der Waals surface area contributed by atoms with Crippen LogP contribution in [0.2, 0.25) is 0 Å². The number of piperazine rings is 1. The Labute approximate surface area is 163 Å². The molecule has 3 rings (SSSR count). The van der Waals surface area contributed by atoms with Crippen LogP contribution in [-0.4, -0.2) is 48.9 Å². The normalized spacial score (nSPS) is 13.9. The largest absolute Gasteiger partial charge is 0.478 e. The summed E-state index contributed by atoms with van der Waals surface area (Å²) in [6.45, 7) is 5.77. The van der Waals surface area contributed by atoms with E-state index >= 15 is 0 Å². The number of aromatic carboxylic acids is 1. The number of carbonyl (C=O) groups excluding carboxylic acids is 2. The molecule has 0 spiro atoms. The van der Waals surface area contributed by atoms with Crippen LogP contribution in [0.3, 0.4) is 0 Å². The topological polar surface area (TPSA) is 90.0 Å². The molecule has 2 aromatic rings. The fourth-order valence-corrected chi connectivity index (χ4v) is 3.38. The molecular formula is C21H23N3O4. The molecule has 0 unspecified atom stereocenters. The van der Waals surface area contributed by atoms with Gasteiger partial charge in [0, 0.05) is 50.0 Å². The number of nitrogens with zero attached hydrogens (tertiary/aromatic N) is 2. The molecular weight excluding hydrogens is 358 g/mol. The van der Waals surface area contributed by atoms with Crippen LogP contribution in [-0.2, 0) is 4.79 Å². The molecule has 0 atom stereocenters. The number of amides is 1. The Morgan fingerprint density at radius 1 is 0.893 bits per heavy atom. The van der Waals surface area contributed by atoms with Crippen molar-refractivity contribution in [2.45, 2.75) is 13.8 Å². The molecule has 146 valence electrons. The zero-order chi connectivity index (χ0) is 20.3. The van der Waals surface area contributed by atoms with Crippen molar-refractivity contribution in [2.24, 2.45) is 0 Å². The van der Waals surface area contributed by atoms with Gasteiger partial charge in [-0.1, -0.05) is 0 Å². The summed E-state index contributed by atoms with van der Waals surface area (Å²) in [6.07, 6.45) is 0. The van der Waals surface area contributed by atoms with Crippen LogP contribution in [0, 0.1) is 0 Å². The molecule has 2 N–H and O–H groups in total. The third-order valence-corrected chi connectivity index (χ3v) is 4.81. The zero-order valence-corrected chi connectivity index (χ0v) is 15.9. The monoisotopic (exact) mass is 381 g/mol. The first-order valence-electron chi connectivity index (χ1n) is 9.11. The fourth-order valence-electron chi connectivity index (χ4n) is 3.38. The molecule has 1 saturated heterocycles. The minimum Gasteiger partial charge on any atom is -0.478 e. The highest BCUT2D eigenvalue weighted by Crippen LogP contribution is 2.27. The van der Waals surface area contributed by atoms with Crippen LogP contribution in [0.4, 0.5) is 17.1 Å². The lowest BCUT2D eigenvalue weighted by Gasteiger charge is -2.38. The van der Waals surface area contributed by atoms with Gasteiger partial charge in [-0.05, 0) is 49.4 Å². The molecule has 0 saturated carbocycles. The molecule has 1 heterocycles. The quantitative estimate of drug-likeness (QED) is 0.774. The predicted octanol–water partition coefficient (Wildman–Crippen LogP) is 2.87. The van der Waals surface area contributed by atoms with Gasteiger partial charge in [0.25, 0.3) is 0 Å². The summed E-state index contributed by atoms with van der Waals surface area (Å²) in [5.74, 6) is -1.22. The molecule has 1 aliphatic rings. The second-order valence-corrected chi connectivity index (χ2v) is 6.80. The number of hydrogen-bond acceptors (Lipinski definition) is 5. The van der Waals surface area contributed by atoms with E-state index in [2.05, 4.69) is 10.2 Å². The van der Waals surface area contributed by atoms with E-state index < -0.39 is 5.97 Å². The van der Waals surface area contributed by atoms with Crippen molar-refractivity contribution in [3.05, 3.63) is 53.6 Å². The molecule has 2 aromatic carbocycles. The van der Waals surface area contributed by atoms with E-state index in [0.29, 0.717) is 30.0 Å². The van der Waals surface area contributed by atoms with E-state index in [1.807, 2.05) is 29.2 Å². The first kappa shape index (κ1) is 19.4. The van der Waals surface area contributed by atoms with Gasteiger partial charge in [-0.3, -0.25) is 9.59 Å². The Morgan fingerprint density at radius 3 is 2.04 bits per heavy atom. The summed E-state index contributed by atoms with van der Waals surface area (Å²) in [7, 11) is 0. The third kappa shape index (κ3) is 4.31. The molecule has 1 fully saturated rings. The fraction of sp³-hybridized carbons (Fsp3) is 0.286. The van der Waals surface area contributed by atoms with E-state index in [4.69, 9.17) is 0 Å². The lowest BCUT2D eigenvalue weighted by atomic mass is 10.1. The van der Waals surface area contributed by atoms with Crippen molar-refractivity contribution in [2.75, 3.05) is 41.3 Å². The SMILES string of the molecule is CC(=O)Nc1ccc(N2CCN(c3ccc(C(C)=O)cc3)CC2)c(C(=O)O)c1. The third-order valence-electron chi connectivity index (χ3n) is 4.81. The molecule has 0 aromatic heterocycles. The number of carboxylic acids is 1. The molecule has 0 radical (unpaired) electrons. The number of carboxylic acid groups (broad SMARTS) is 1. The second kappa shape index (κ2) is 8.12. The number of hydrogen-bond donors (Lipinski definition) is 2. The molecule has 7 heteroatoms. The van der Waals surface area contributed by atoms with Crippen LogP contribution in [0.15, 0.2) is 42.5 Å². The smallest absolute Gasteiger partial charge is 0.337 e. The van der Waals surface area contributed by atoms with Crippen LogP contribution in [0.25, 0.3) is 0 Å². The lowest BCUT2D eigenvalue weighted by molar-refractivity contribution is -0.114. The maximum Gasteiger partial charge on any atom is 0.337 e. The number of benzene rings is 2. The maximum absolute atomic E-state index is 11.7. The van der Waals surface area contributed by atoms with Crippen LogP contribution in [0.5, 0.6) is 0 Å². The highest BCUT2D eigenvalue weighted by atomic mass is 16.4. The summed E-state index contributed by atoms with van der Waals surface area (Å²) in [4.78, 5) is 38.6. The van der Waals surface area contributed by atoms with Gasteiger partial charge >= 0.3 is 5.97 Å². The summed E-state index contributed by atoms with van der Waals surface area (Å²) >= 11 is 0. The van der Waals surface area contributed by atoms with E-state index in [-0.39, 0.29) is 17.3 Å². The van der Waals surface area contributed by atoms with E-state index in [1.165, 1.54) is 13.0 Å². The van der Waals surface area contributed by atoms with Gasteiger partial charge in [0.1, 0.15) is 0 Å². The molecule has 28 heavy (non-hydrogen) atoms. The number of anilines is 3. The Morgan fingerprint density at radius 2 is 1.50 bits per heavy atom. The number of nitrogens with one attached hydrogen (secondary N) is 1. The van der Waals surface area contributed by atoms with E-state index in [1.54, 1.807) is 19.1 Å². The van der Waals surface area contributed by atoms with Crippen molar-refractivity contribution < 1.29 is 19.5 Å². The van der Waals surface area contributed by atoms with Crippen molar-refractivity contribution in [1.29, 1.82) is 0 Å². The molecule has 1 aliphatic heterocycles. The van der Waals surface area contributed by atoms with E-state index in [0.717, 1.165) is 18.8 Å². The zero-order valence-electron chi connectivity index (χ0n) is 15.9. The minimum atomic E-state index is -1.02. The molecule has 1 amide bonds. The summed E-state index contributed by atoms with van der Waals surface area (Å²) < 4.78 is 0. The maximum atomic E-state index is 11.7. The Hall–Kier alpha value is -3.35. The highest BCUT2D eigenvalue weighted by molar-refractivity contribution is 5.98. The van der Waals surface area contributed by atoms with Gasteiger partial charge in [-0.15, -0.1) is 0 Å². The van der Waals surface area contributed by atoms with Gasteiger partial charge in [0.05, 0.1) is 11.3 Å². The summed E-state index contributed by atoms with van der Waals surface area (Å²) in [5.41, 5.74) is 3.02.